The number of thioether (sulfide) groups is 1. The minimum Gasteiger partial charge on any atom is -0.339 e. The van der Waals surface area contributed by atoms with Crippen LogP contribution in [0.5, 0.6) is 0 Å². The summed E-state index contributed by atoms with van der Waals surface area (Å²) in [6.45, 7) is 8.42. The van der Waals surface area contributed by atoms with Crippen molar-refractivity contribution in [1.29, 1.82) is 0 Å². The van der Waals surface area contributed by atoms with Gasteiger partial charge in [0.05, 0.1) is 5.75 Å². The number of rotatable bonds is 7. The second kappa shape index (κ2) is 6.40. The number of nitrogens with zero attached hydrogens (tertiary/aromatic N) is 2. The van der Waals surface area contributed by atoms with Gasteiger partial charge < -0.3 is 10.3 Å². The van der Waals surface area contributed by atoms with Gasteiger partial charge in [-0.25, -0.2) is 0 Å². The zero-order valence-electron chi connectivity index (χ0n) is 11.2. The molecule has 5 heteroatoms. The molecule has 0 bridgehead atoms. The maximum absolute atomic E-state index is 5.91. The fraction of sp³-hybridized carbons (Fsp3) is 0.833. The fourth-order valence-corrected chi connectivity index (χ4v) is 2.15. The van der Waals surface area contributed by atoms with E-state index in [-0.39, 0.29) is 5.54 Å². The van der Waals surface area contributed by atoms with Gasteiger partial charge >= 0.3 is 0 Å². The Morgan fingerprint density at radius 3 is 2.71 bits per heavy atom. The van der Waals surface area contributed by atoms with Gasteiger partial charge in [-0.3, -0.25) is 0 Å². The van der Waals surface area contributed by atoms with Gasteiger partial charge in [-0.2, -0.15) is 16.7 Å². The Balaban J connectivity index is 2.32. The molecule has 2 N–H and O–H groups in total. The molecule has 17 heavy (non-hydrogen) atoms. The Morgan fingerprint density at radius 2 is 2.12 bits per heavy atom. The average molecular weight is 257 g/mol. The van der Waals surface area contributed by atoms with E-state index in [0.29, 0.717) is 11.8 Å². The third-order valence-electron chi connectivity index (χ3n) is 2.18. The second-order valence-electron chi connectivity index (χ2n) is 5.50. The van der Waals surface area contributed by atoms with E-state index in [1.165, 1.54) is 0 Å². The lowest BCUT2D eigenvalue weighted by atomic mass is 10.0. The van der Waals surface area contributed by atoms with Crippen LogP contribution >= 0.6 is 11.8 Å². The summed E-state index contributed by atoms with van der Waals surface area (Å²) in [5.41, 5.74) is 5.73. The first kappa shape index (κ1) is 14.5. The monoisotopic (exact) mass is 257 g/mol. The van der Waals surface area contributed by atoms with E-state index >= 15 is 0 Å². The number of hydrogen-bond donors (Lipinski definition) is 1. The first-order valence-electron chi connectivity index (χ1n) is 6.05. The number of hydrogen-bond acceptors (Lipinski definition) is 5. The molecule has 0 aliphatic heterocycles. The molecule has 1 aromatic rings. The summed E-state index contributed by atoms with van der Waals surface area (Å²) in [5, 5.41) is 3.97. The van der Waals surface area contributed by atoms with Gasteiger partial charge in [0.2, 0.25) is 5.89 Å². The highest BCUT2D eigenvalue weighted by molar-refractivity contribution is 7.98. The van der Waals surface area contributed by atoms with Crippen LogP contribution in [0.1, 0.15) is 45.8 Å². The van der Waals surface area contributed by atoms with Crippen LogP contribution in [0.15, 0.2) is 4.52 Å². The molecule has 1 heterocycles. The number of nitrogens with two attached hydrogens (primary N) is 1. The van der Waals surface area contributed by atoms with Crippen LogP contribution in [0.3, 0.4) is 0 Å². The summed E-state index contributed by atoms with van der Waals surface area (Å²) < 4.78 is 5.19. The van der Waals surface area contributed by atoms with Crippen LogP contribution < -0.4 is 5.73 Å². The van der Waals surface area contributed by atoms with Crippen LogP contribution in [-0.4, -0.2) is 21.4 Å². The minimum absolute atomic E-state index is 0.180. The molecule has 4 nitrogen and oxygen atoms in total. The summed E-state index contributed by atoms with van der Waals surface area (Å²) in [6, 6.07) is 0. The molecule has 0 radical (unpaired) electrons. The van der Waals surface area contributed by atoms with Gasteiger partial charge in [0, 0.05) is 12.0 Å². The van der Waals surface area contributed by atoms with Crippen molar-refractivity contribution in [3.05, 3.63) is 11.7 Å². The maximum Gasteiger partial charge on any atom is 0.226 e. The third-order valence-corrected chi connectivity index (χ3v) is 3.54. The molecule has 0 fully saturated rings. The standard InChI is InChI=1S/C12H23N3OS/c1-9(2)7-17-8-10-14-11(16-15-10)5-6-12(3,4)13/h9H,5-8,13H2,1-4H3. The van der Waals surface area contributed by atoms with Gasteiger partial charge in [-0.05, 0) is 31.9 Å². The second-order valence-corrected chi connectivity index (χ2v) is 6.53. The van der Waals surface area contributed by atoms with Gasteiger partial charge in [0.15, 0.2) is 5.82 Å². The van der Waals surface area contributed by atoms with Gasteiger partial charge in [-0.15, -0.1) is 0 Å². The number of aromatic nitrogens is 2. The van der Waals surface area contributed by atoms with Crippen molar-refractivity contribution < 1.29 is 4.52 Å². The topological polar surface area (TPSA) is 64.9 Å². The fourth-order valence-electron chi connectivity index (χ4n) is 1.27. The Morgan fingerprint density at radius 1 is 1.41 bits per heavy atom. The third kappa shape index (κ3) is 6.68. The van der Waals surface area contributed by atoms with E-state index in [2.05, 4.69) is 24.0 Å². The zero-order valence-corrected chi connectivity index (χ0v) is 12.0. The summed E-state index contributed by atoms with van der Waals surface area (Å²) in [6.07, 6.45) is 1.61. The van der Waals surface area contributed by atoms with Crippen LogP contribution in [0.4, 0.5) is 0 Å². The van der Waals surface area contributed by atoms with E-state index in [4.69, 9.17) is 10.3 Å². The number of aryl methyl sites for hydroxylation is 1. The molecular formula is C12H23N3OS. The van der Waals surface area contributed by atoms with Crippen molar-refractivity contribution in [2.75, 3.05) is 5.75 Å². The molecule has 0 amide bonds. The van der Waals surface area contributed by atoms with Gasteiger partial charge in [0.25, 0.3) is 0 Å². The first-order chi connectivity index (χ1) is 7.87. The van der Waals surface area contributed by atoms with E-state index in [0.717, 1.165) is 30.2 Å². The largest absolute Gasteiger partial charge is 0.339 e. The molecule has 1 rings (SSSR count). The highest BCUT2D eigenvalue weighted by Gasteiger charge is 2.14. The van der Waals surface area contributed by atoms with Gasteiger partial charge in [0.1, 0.15) is 0 Å². The van der Waals surface area contributed by atoms with Crippen LogP contribution in [-0.2, 0) is 12.2 Å². The smallest absolute Gasteiger partial charge is 0.226 e. The van der Waals surface area contributed by atoms with Crippen molar-refractivity contribution in [1.82, 2.24) is 10.1 Å². The van der Waals surface area contributed by atoms with E-state index in [1.54, 1.807) is 0 Å². The highest BCUT2D eigenvalue weighted by atomic mass is 32.2. The SMILES string of the molecule is CC(C)CSCc1noc(CCC(C)(C)N)n1. The molecule has 0 spiro atoms. The molecule has 0 atom stereocenters. The molecule has 0 aliphatic rings. The summed E-state index contributed by atoms with van der Waals surface area (Å²) in [4.78, 5) is 4.36. The maximum atomic E-state index is 5.91. The summed E-state index contributed by atoms with van der Waals surface area (Å²) in [7, 11) is 0. The van der Waals surface area contributed by atoms with Crippen LogP contribution in [0.25, 0.3) is 0 Å². The van der Waals surface area contributed by atoms with Crippen molar-refractivity contribution in [3.8, 4) is 0 Å². The Labute approximate surface area is 108 Å². The van der Waals surface area contributed by atoms with Crippen LogP contribution in [0, 0.1) is 5.92 Å². The Hall–Kier alpha value is -0.550. The summed E-state index contributed by atoms with van der Waals surface area (Å²) >= 11 is 1.84. The van der Waals surface area contributed by atoms with E-state index in [1.807, 2.05) is 25.6 Å². The van der Waals surface area contributed by atoms with E-state index < -0.39 is 0 Å². The first-order valence-corrected chi connectivity index (χ1v) is 7.20. The van der Waals surface area contributed by atoms with Gasteiger partial charge in [-0.1, -0.05) is 19.0 Å². The highest BCUT2D eigenvalue weighted by Crippen LogP contribution is 2.14. The zero-order chi connectivity index (χ0) is 12.9. The van der Waals surface area contributed by atoms with Crippen molar-refractivity contribution in [3.63, 3.8) is 0 Å². The van der Waals surface area contributed by atoms with Crippen LogP contribution in [0.2, 0.25) is 0 Å². The van der Waals surface area contributed by atoms with Crippen molar-refractivity contribution in [2.45, 2.75) is 51.8 Å². The average Bonchev–Trinajstić information content (AvgIpc) is 2.61. The molecule has 0 aliphatic carbocycles. The molecule has 1 aromatic heterocycles. The Kier molecular flexibility index (Phi) is 5.46. The van der Waals surface area contributed by atoms with Crippen molar-refractivity contribution >= 4 is 11.8 Å². The molecule has 0 unspecified atom stereocenters. The quantitative estimate of drug-likeness (QED) is 0.813. The molecule has 98 valence electrons. The predicted octanol–water partition coefficient (Wildman–Crippen LogP) is 2.63. The predicted molar refractivity (Wildman–Crippen MR) is 71.9 cm³/mol. The van der Waals surface area contributed by atoms with E-state index in [9.17, 15) is 0 Å². The molecule has 0 aromatic carbocycles. The molecule has 0 saturated carbocycles. The van der Waals surface area contributed by atoms with Crippen molar-refractivity contribution in [2.24, 2.45) is 11.7 Å². The normalized spacial score (nSPS) is 12.4. The Bertz CT molecular complexity index is 331. The lowest BCUT2D eigenvalue weighted by Crippen LogP contribution is -2.32. The minimum atomic E-state index is -0.180. The molecule has 0 saturated heterocycles. The lowest BCUT2D eigenvalue weighted by molar-refractivity contribution is 0.355. The molecular weight excluding hydrogens is 234 g/mol. The summed E-state index contributed by atoms with van der Waals surface area (Å²) in [5.74, 6) is 4.14. The lowest BCUT2D eigenvalue weighted by Gasteiger charge is -2.16.